The second-order valence-corrected chi connectivity index (χ2v) is 4.66. The van der Waals surface area contributed by atoms with Crippen molar-refractivity contribution in [3.05, 3.63) is 46.5 Å². The number of carbonyl (C=O) groups excluding carboxylic acids is 1. The number of ether oxygens (including phenoxy) is 1. The summed E-state index contributed by atoms with van der Waals surface area (Å²) in [5, 5.41) is 4.44. The number of rotatable bonds is 6. The summed E-state index contributed by atoms with van der Waals surface area (Å²) in [6, 6.07) is 3.71. The van der Waals surface area contributed by atoms with Crippen molar-refractivity contribution in [1.82, 2.24) is 14.8 Å². The first-order valence-electron chi connectivity index (χ1n) is 6.37. The molecule has 0 fully saturated rings. The molecule has 0 aromatic carbocycles. The summed E-state index contributed by atoms with van der Waals surface area (Å²) in [6.07, 6.45) is 3.81. The molecule has 2 rings (SSSR count). The Balaban J connectivity index is 2.40. The third kappa shape index (κ3) is 2.89. The molecule has 0 unspecified atom stereocenters. The molecule has 0 spiro atoms. The standard InChI is InChI=1S/C14H16ClN3O2/c1-3-10-5-4-6-16-12(10)14(19)13-11(15)9-17-18(13)7-8-20-2/h4-6,9H,3,7-8H2,1-2H3. The molecule has 20 heavy (non-hydrogen) atoms. The molecule has 0 radical (unpaired) electrons. The minimum absolute atomic E-state index is 0.207. The van der Waals surface area contributed by atoms with Crippen LogP contribution in [0.3, 0.4) is 0 Å². The summed E-state index contributed by atoms with van der Waals surface area (Å²) >= 11 is 6.09. The summed E-state index contributed by atoms with van der Waals surface area (Å²) in [7, 11) is 1.60. The van der Waals surface area contributed by atoms with Crippen molar-refractivity contribution in [2.45, 2.75) is 19.9 Å². The molecular weight excluding hydrogens is 278 g/mol. The van der Waals surface area contributed by atoms with Crippen LogP contribution in [-0.4, -0.2) is 34.3 Å². The highest BCUT2D eigenvalue weighted by molar-refractivity contribution is 6.34. The van der Waals surface area contributed by atoms with Gasteiger partial charge in [0.2, 0.25) is 5.78 Å². The number of aryl methyl sites for hydroxylation is 1. The zero-order chi connectivity index (χ0) is 14.5. The Labute approximate surface area is 122 Å². The van der Waals surface area contributed by atoms with Crippen LogP contribution < -0.4 is 0 Å². The van der Waals surface area contributed by atoms with Gasteiger partial charge in [0.1, 0.15) is 11.4 Å². The maximum atomic E-state index is 12.6. The lowest BCUT2D eigenvalue weighted by Crippen LogP contribution is -2.16. The van der Waals surface area contributed by atoms with Crippen LogP contribution in [0.1, 0.15) is 28.7 Å². The normalized spacial score (nSPS) is 10.8. The quantitative estimate of drug-likeness (QED) is 0.767. The Kier molecular flexibility index (Phi) is 4.87. The summed E-state index contributed by atoms with van der Waals surface area (Å²) < 4.78 is 6.57. The van der Waals surface area contributed by atoms with Crippen molar-refractivity contribution in [2.24, 2.45) is 0 Å². The van der Waals surface area contributed by atoms with Gasteiger partial charge in [-0.25, -0.2) is 0 Å². The number of hydrogen-bond donors (Lipinski definition) is 0. The minimum Gasteiger partial charge on any atom is -0.383 e. The maximum Gasteiger partial charge on any atom is 0.231 e. The Morgan fingerprint density at radius 1 is 1.50 bits per heavy atom. The molecular formula is C14H16ClN3O2. The van der Waals surface area contributed by atoms with Crippen molar-refractivity contribution < 1.29 is 9.53 Å². The van der Waals surface area contributed by atoms with Crippen LogP contribution in [0.2, 0.25) is 5.02 Å². The van der Waals surface area contributed by atoms with Gasteiger partial charge in [0.05, 0.1) is 24.4 Å². The number of pyridine rings is 1. The van der Waals surface area contributed by atoms with Gasteiger partial charge in [-0.3, -0.25) is 14.5 Å². The fourth-order valence-electron chi connectivity index (χ4n) is 1.98. The van der Waals surface area contributed by atoms with Crippen LogP contribution in [0.4, 0.5) is 0 Å². The van der Waals surface area contributed by atoms with E-state index in [1.165, 1.54) is 6.20 Å². The lowest BCUT2D eigenvalue weighted by molar-refractivity contribution is 0.102. The number of aromatic nitrogens is 3. The third-order valence-electron chi connectivity index (χ3n) is 3.00. The molecule has 2 heterocycles. The smallest absolute Gasteiger partial charge is 0.231 e. The molecule has 2 aromatic heterocycles. The topological polar surface area (TPSA) is 57.0 Å². The molecule has 0 atom stereocenters. The summed E-state index contributed by atoms with van der Waals surface area (Å²) in [6.45, 7) is 2.91. The SMILES string of the molecule is CCc1cccnc1C(=O)c1c(Cl)cnn1CCOC. The fourth-order valence-corrected chi connectivity index (χ4v) is 2.20. The van der Waals surface area contributed by atoms with Crippen LogP contribution in [-0.2, 0) is 17.7 Å². The van der Waals surface area contributed by atoms with Gasteiger partial charge in [0.25, 0.3) is 0 Å². The van der Waals surface area contributed by atoms with E-state index in [4.69, 9.17) is 16.3 Å². The van der Waals surface area contributed by atoms with Crippen LogP contribution in [0.5, 0.6) is 0 Å². The second-order valence-electron chi connectivity index (χ2n) is 4.25. The van der Waals surface area contributed by atoms with Crippen LogP contribution in [0.25, 0.3) is 0 Å². The Morgan fingerprint density at radius 3 is 3.00 bits per heavy atom. The van der Waals surface area contributed by atoms with Gasteiger partial charge in [-0.1, -0.05) is 24.6 Å². The van der Waals surface area contributed by atoms with Crippen molar-refractivity contribution >= 4 is 17.4 Å². The molecule has 0 N–H and O–H groups in total. The molecule has 0 aliphatic rings. The molecule has 6 heteroatoms. The monoisotopic (exact) mass is 293 g/mol. The number of nitrogens with zero attached hydrogens (tertiary/aromatic N) is 3. The highest BCUT2D eigenvalue weighted by Crippen LogP contribution is 2.20. The van der Waals surface area contributed by atoms with Crippen LogP contribution >= 0.6 is 11.6 Å². The van der Waals surface area contributed by atoms with E-state index in [-0.39, 0.29) is 5.78 Å². The molecule has 0 aliphatic heterocycles. The highest BCUT2D eigenvalue weighted by atomic mass is 35.5. The molecule has 0 saturated heterocycles. The number of ketones is 1. The first-order valence-corrected chi connectivity index (χ1v) is 6.75. The molecule has 0 aliphatic carbocycles. The highest BCUT2D eigenvalue weighted by Gasteiger charge is 2.22. The van der Waals surface area contributed by atoms with E-state index in [0.717, 1.165) is 12.0 Å². The van der Waals surface area contributed by atoms with Crippen molar-refractivity contribution in [3.63, 3.8) is 0 Å². The van der Waals surface area contributed by atoms with Gasteiger partial charge in [0.15, 0.2) is 0 Å². The maximum absolute atomic E-state index is 12.6. The van der Waals surface area contributed by atoms with Gasteiger partial charge in [-0.05, 0) is 18.1 Å². The number of halogens is 1. The summed E-state index contributed by atoms with van der Waals surface area (Å²) in [4.78, 5) is 16.8. The largest absolute Gasteiger partial charge is 0.383 e. The predicted octanol–water partition coefficient (Wildman–Crippen LogP) is 2.37. The zero-order valence-corrected chi connectivity index (χ0v) is 12.2. The summed E-state index contributed by atoms with van der Waals surface area (Å²) in [5.74, 6) is -0.207. The van der Waals surface area contributed by atoms with E-state index in [9.17, 15) is 4.79 Å². The molecule has 2 aromatic rings. The van der Waals surface area contributed by atoms with Crippen LogP contribution in [0, 0.1) is 0 Å². The van der Waals surface area contributed by atoms with Gasteiger partial charge in [0, 0.05) is 13.3 Å². The van der Waals surface area contributed by atoms with Crippen molar-refractivity contribution in [3.8, 4) is 0 Å². The molecule has 0 amide bonds. The average Bonchev–Trinajstić information content (AvgIpc) is 2.85. The van der Waals surface area contributed by atoms with E-state index < -0.39 is 0 Å². The van der Waals surface area contributed by atoms with Gasteiger partial charge < -0.3 is 4.74 Å². The molecule has 0 saturated carbocycles. The van der Waals surface area contributed by atoms with Crippen molar-refractivity contribution in [2.75, 3.05) is 13.7 Å². The zero-order valence-electron chi connectivity index (χ0n) is 11.5. The minimum atomic E-state index is -0.207. The van der Waals surface area contributed by atoms with Crippen LogP contribution in [0.15, 0.2) is 24.5 Å². The van der Waals surface area contributed by atoms with E-state index in [1.807, 2.05) is 19.1 Å². The predicted molar refractivity (Wildman–Crippen MR) is 76.2 cm³/mol. The first-order chi connectivity index (χ1) is 9.69. The third-order valence-corrected chi connectivity index (χ3v) is 3.28. The van der Waals surface area contributed by atoms with Gasteiger partial charge >= 0.3 is 0 Å². The molecule has 106 valence electrons. The average molecular weight is 294 g/mol. The van der Waals surface area contributed by atoms with E-state index in [2.05, 4.69) is 10.1 Å². The first kappa shape index (κ1) is 14.7. The van der Waals surface area contributed by atoms with E-state index in [1.54, 1.807) is 18.0 Å². The van der Waals surface area contributed by atoms with E-state index >= 15 is 0 Å². The Morgan fingerprint density at radius 2 is 2.30 bits per heavy atom. The lowest BCUT2D eigenvalue weighted by atomic mass is 10.1. The number of methoxy groups -OCH3 is 1. The Hall–Kier alpha value is -1.72. The van der Waals surface area contributed by atoms with Crippen molar-refractivity contribution in [1.29, 1.82) is 0 Å². The van der Waals surface area contributed by atoms with Gasteiger partial charge in [-0.15, -0.1) is 0 Å². The fraction of sp³-hybridized carbons (Fsp3) is 0.357. The second kappa shape index (κ2) is 6.63. The molecule has 5 nitrogen and oxygen atoms in total. The Bertz CT molecular complexity index is 610. The van der Waals surface area contributed by atoms with E-state index in [0.29, 0.717) is 29.6 Å². The number of hydrogen-bond acceptors (Lipinski definition) is 4. The lowest BCUT2D eigenvalue weighted by Gasteiger charge is -2.08. The molecule has 0 bridgehead atoms. The summed E-state index contributed by atoms with van der Waals surface area (Å²) in [5.41, 5.74) is 1.68. The van der Waals surface area contributed by atoms with Gasteiger partial charge in [-0.2, -0.15) is 5.10 Å². The number of carbonyl (C=O) groups is 1.